The molecule has 1 heterocycles. The lowest BCUT2D eigenvalue weighted by Crippen LogP contribution is -2.42. The van der Waals surface area contributed by atoms with Crippen molar-refractivity contribution in [2.75, 3.05) is 18.4 Å². The number of anilines is 1. The number of nitrogens with zero attached hydrogens (tertiary/aromatic N) is 1. The molecule has 1 aliphatic rings. The first kappa shape index (κ1) is 14.5. The first-order valence-corrected chi connectivity index (χ1v) is 7.65. The van der Waals surface area contributed by atoms with Crippen molar-refractivity contribution in [1.29, 1.82) is 0 Å². The van der Waals surface area contributed by atoms with Crippen LogP contribution in [0.1, 0.15) is 31.7 Å². The van der Waals surface area contributed by atoms with Gasteiger partial charge in [-0.3, -0.25) is 9.69 Å². The fourth-order valence-corrected chi connectivity index (χ4v) is 2.83. The van der Waals surface area contributed by atoms with Gasteiger partial charge in [-0.2, -0.15) is 0 Å². The second-order valence-corrected chi connectivity index (χ2v) is 6.18. The Morgan fingerprint density at radius 2 is 2.26 bits per heavy atom. The number of likely N-dealkylation sites (tertiary alicyclic amines) is 1. The van der Waals surface area contributed by atoms with Gasteiger partial charge in [0.05, 0.1) is 6.54 Å². The molecule has 1 fully saturated rings. The largest absolute Gasteiger partial charge is 0.325 e. The van der Waals surface area contributed by atoms with E-state index in [1.54, 1.807) is 0 Å². The summed E-state index contributed by atoms with van der Waals surface area (Å²) < 4.78 is 1.02. The number of rotatable bonds is 3. The number of benzene rings is 1. The Labute approximate surface area is 123 Å². The first-order chi connectivity index (χ1) is 9.06. The van der Waals surface area contributed by atoms with E-state index in [1.807, 2.05) is 25.1 Å². The van der Waals surface area contributed by atoms with Crippen molar-refractivity contribution in [3.63, 3.8) is 0 Å². The minimum atomic E-state index is 0.0736. The Kier molecular flexibility index (Phi) is 4.99. The molecule has 0 bridgehead atoms. The summed E-state index contributed by atoms with van der Waals surface area (Å²) in [6, 6.07) is 6.41. The van der Waals surface area contributed by atoms with Crippen LogP contribution < -0.4 is 5.32 Å². The molecule has 3 nitrogen and oxygen atoms in total. The van der Waals surface area contributed by atoms with Crippen molar-refractivity contribution in [2.24, 2.45) is 0 Å². The van der Waals surface area contributed by atoms with E-state index >= 15 is 0 Å². The minimum absolute atomic E-state index is 0.0736. The van der Waals surface area contributed by atoms with E-state index in [0.29, 0.717) is 12.6 Å². The smallest absolute Gasteiger partial charge is 0.238 e. The molecule has 1 atom stereocenters. The van der Waals surface area contributed by atoms with E-state index in [0.717, 1.165) is 16.7 Å². The zero-order chi connectivity index (χ0) is 13.8. The molecule has 19 heavy (non-hydrogen) atoms. The monoisotopic (exact) mass is 324 g/mol. The van der Waals surface area contributed by atoms with Gasteiger partial charge in [0, 0.05) is 16.2 Å². The number of aryl methyl sites for hydroxylation is 1. The summed E-state index contributed by atoms with van der Waals surface area (Å²) in [5.74, 6) is 0.0736. The van der Waals surface area contributed by atoms with Gasteiger partial charge < -0.3 is 5.32 Å². The highest BCUT2D eigenvalue weighted by molar-refractivity contribution is 9.10. The molecule has 0 aromatic heterocycles. The first-order valence-electron chi connectivity index (χ1n) is 6.86. The van der Waals surface area contributed by atoms with Gasteiger partial charge in [0.2, 0.25) is 5.91 Å². The number of carbonyl (C=O) groups excluding carboxylic acids is 1. The molecule has 0 saturated carbocycles. The van der Waals surface area contributed by atoms with Crippen LogP contribution in [0.25, 0.3) is 0 Å². The van der Waals surface area contributed by atoms with Crippen LogP contribution in [-0.4, -0.2) is 29.9 Å². The maximum atomic E-state index is 12.1. The Balaban J connectivity index is 1.91. The van der Waals surface area contributed by atoms with Gasteiger partial charge in [-0.05, 0) is 50.9 Å². The van der Waals surface area contributed by atoms with Crippen LogP contribution in [0, 0.1) is 6.92 Å². The average Bonchev–Trinajstić information content (AvgIpc) is 2.37. The number of hydrogen-bond donors (Lipinski definition) is 1. The summed E-state index contributed by atoms with van der Waals surface area (Å²) in [5, 5.41) is 2.97. The Morgan fingerprint density at radius 1 is 1.47 bits per heavy atom. The van der Waals surface area contributed by atoms with Crippen LogP contribution in [0.4, 0.5) is 5.69 Å². The van der Waals surface area contributed by atoms with Crippen molar-refractivity contribution in [3.8, 4) is 0 Å². The lowest BCUT2D eigenvalue weighted by molar-refractivity contribution is -0.118. The number of nitrogens with one attached hydrogen (secondary N) is 1. The molecule has 1 aromatic carbocycles. The third-order valence-corrected chi connectivity index (χ3v) is 4.60. The summed E-state index contributed by atoms with van der Waals surface area (Å²) in [5.41, 5.74) is 2.02. The zero-order valence-electron chi connectivity index (χ0n) is 11.6. The van der Waals surface area contributed by atoms with Crippen LogP contribution in [0.5, 0.6) is 0 Å². The molecule has 0 radical (unpaired) electrons. The number of piperidine rings is 1. The standard InChI is InChI=1S/C15H21BrN2O/c1-11-6-7-13(9-14(11)16)17-15(19)10-18-8-4-3-5-12(18)2/h6-7,9,12H,3-5,8,10H2,1-2H3,(H,17,19). The van der Waals surface area contributed by atoms with Crippen LogP contribution in [0.3, 0.4) is 0 Å². The van der Waals surface area contributed by atoms with E-state index in [2.05, 4.69) is 33.1 Å². The number of carbonyl (C=O) groups is 1. The molecule has 2 rings (SSSR count). The van der Waals surface area contributed by atoms with Crippen molar-refractivity contribution >= 4 is 27.5 Å². The fourth-order valence-electron chi connectivity index (χ4n) is 2.45. The Hall–Kier alpha value is -0.870. The molecular weight excluding hydrogens is 304 g/mol. The van der Waals surface area contributed by atoms with Gasteiger partial charge in [0.25, 0.3) is 0 Å². The molecule has 1 saturated heterocycles. The Bertz CT molecular complexity index is 461. The average molecular weight is 325 g/mol. The van der Waals surface area contributed by atoms with E-state index in [1.165, 1.54) is 24.8 Å². The number of halogens is 1. The highest BCUT2D eigenvalue weighted by Crippen LogP contribution is 2.21. The predicted molar refractivity (Wildman–Crippen MR) is 82.4 cm³/mol. The molecule has 1 unspecified atom stereocenters. The van der Waals surface area contributed by atoms with Crippen molar-refractivity contribution in [1.82, 2.24) is 4.90 Å². The second kappa shape index (κ2) is 6.53. The molecular formula is C15H21BrN2O. The summed E-state index contributed by atoms with van der Waals surface area (Å²) in [4.78, 5) is 14.3. The van der Waals surface area contributed by atoms with Gasteiger partial charge in [0.15, 0.2) is 0 Å². The number of hydrogen-bond acceptors (Lipinski definition) is 2. The van der Waals surface area contributed by atoms with Crippen LogP contribution >= 0.6 is 15.9 Å². The Morgan fingerprint density at radius 3 is 2.95 bits per heavy atom. The van der Waals surface area contributed by atoms with E-state index in [-0.39, 0.29) is 5.91 Å². The minimum Gasteiger partial charge on any atom is -0.325 e. The highest BCUT2D eigenvalue weighted by Gasteiger charge is 2.20. The van der Waals surface area contributed by atoms with Gasteiger partial charge in [-0.25, -0.2) is 0 Å². The van der Waals surface area contributed by atoms with Gasteiger partial charge in [-0.15, -0.1) is 0 Å². The van der Waals surface area contributed by atoms with Crippen LogP contribution in [-0.2, 0) is 4.79 Å². The van der Waals surface area contributed by atoms with E-state index in [9.17, 15) is 4.79 Å². The second-order valence-electron chi connectivity index (χ2n) is 5.33. The highest BCUT2D eigenvalue weighted by atomic mass is 79.9. The van der Waals surface area contributed by atoms with Gasteiger partial charge >= 0.3 is 0 Å². The summed E-state index contributed by atoms with van der Waals surface area (Å²) in [6.07, 6.45) is 3.68. The molecule has 1 amide bonds. The van der Waals surface area contributed by atoms with Crippen LogP contribution in [0.2, 0.25) is 0 Å². The third-order valence-electron chi connectivity index (χ3n) is 3.74. The molecule has 4 heteroatoms. The lowest BCUT2D eigenvalue weighted by Gasteiger charge is -2.32. The molecule has 104 valence electrons. The van der Waals surface area contributed by atoms with Gasteiger partial charge in [0.1, 0.15) is 0 Å². The lowest BCUT2D eigenvalue weighted by atomic mass is 10.0. The summed E-state index contributed by atoms with van der Waals surface area (Å²) in [7, 11) is 0. The maximum Gasteiger partial charge on any atom is 0.238 e. The van der Waals surface area contributed by atoms with Gasteiger partial charge in [-0.1, -0.05) is 28.4 Å². The summed E-state index contributed by atoms with van der Waals surface area (Å²) in [6.45, 7) is 5.76. The topological polar surface area (TPSA) is 32.3 Å². The molecule has 1 N–H and O–H groups in total. The van der Waals surface area contributed by atoms with Crippen molar-refractivity contribution in [3.05, 3.63) is 28.2 Å². The molecule has 0 spiro atoms. The number of amides is 1. The summed E-state index contributed by atoms with van der Waals surface area (Å²) >= 11 is 3.48. The van der Waals surface area contributed by atoms with E-state index < -0.39 is 0 Å². The normalized spacial score (nSPS) is 20.3. The fraction of sp³-hybridized carbons (Fsp3) is 0.533. The zero-order valence-corrected chi connectivity index (χ0v) is 13.2. The van der Waals surface area contributed by atoms with Crippen LogP contribution in [0.15, 0.2) is 22.7 Å². The molecule has 1 aromatic rings. The SMILES string of the molecule is Cc1ccc(NC(=O)CN2CCCCC2C)cc1Br. The molecule has 0 aliphatic carbocycles. The van der Waals surface area contributed by atoms with Crippen molar-refractivity contribution in [2.45, 2.75) is 39.2 Å². The molecule has 1 aliphatic heterocycles. The van der Waals surface area contributed by atoms with E-state index in [4.69, 9.17) is 0 Å². The maximum absolute atomic E-state index is 12.1. The predicted octanol–water partition coefficient (Wildman–Crippen LogP) is 3.57. The third kappa shape index (κ3) is 4.05. The van der Waals surface area contributed by atoms with Crippen molar-refractivity contribution < 1.29 is 4.79 Å². The quantitative estimate of drug-likeness (QED) is 0.921.